The molecule has 0 atom stereocenters. The molecule has 0 aliphatic rings. The van der Waals surface area contributed by atoms with Crippen molar-refractivity contribution in [3.8, 4) is 16.9 Å². The zero-order chi connectivity index (χ0) is 17.8. The maximum atomic E-state index is 12.5. The first-order valence-electron chi connectivity index (χ1n) is 7.76. The number of nitrogens with zero attached hydrogens (tertiary/aromatic N) is 1. The highest BCUT2D eigenvalue weighted by Crippen LogP contribution is 2.29. The molecule has 25 heavy (non-hydrogen) atoms. The summed E-state index contributed by atoms with van der Waals surface area (Å²) in [5.74, 6) is 0.286. The SMILES string of the molecule is COc1cc(C(=O)Nc2cccc(-c3ccccc3)c2C)ncc1Br. The molecule has 1 amide bonds. The average molecular weight is 397 g/mol. The molecule has 5 heteroatoms. The zero-order valence-electron chi connectivity index (χ0n) is 13.9. The lowest BCUT2D eigenvalue weighted by Gasteiger charge is -2.13. The third kappa shape index (κ3) is 3.72. The van der Waals surface area contributed by atoms with Gasteiger partial charge in [0.1, 0.15) is 11.4 Å². The Kier molecular flexibility index (Phi) is 5.14. The number of anilines is 1. The van der Waals surface area contributed by atoms with E-state index in [4.69, 9.17) is 4.74 Å². The van der Waals surface area contributed by atoms with Crippen molar-refractivity contribution in [1.29, 1.82) is 0 Å². The summed E-state index contributed by atoms with van der Waals surface area (Å²) >= 11 is 3.33. The number of hydrogen-bond donors (Lipinski definition) is 1. The Morgan fingerprint density at radius 1 is 1.12 bits per heavy atom. The summed E-state index contributed by atoms with van der Waals surface area (Å²) in [7, 11) is 1.55. The van der Waals surface area contributed by atoms with E-state index in [0.29, 0.717) is 15.9 Å². The first-order chi connectivity index (χ1) is 12.1. The molecule has 3 rings (SSSR count). The second kappa shape index (κ2) is 7.49. The summed E-state index contributed by atoms with van der Waals surface area (Å²) in [4.78, 5) is 16.7. The first kappa shape index (κ1) is 17.2. The van der Waals surface area contributed by atoms with Crippen LogP contribution in [0.2, 0.25) is 0 Å². The Balaban J connectivity index is 1.90. The number of benzene rings is 2. The molecule has 3 aromatic rings. The summed E-state index contributed by atoms with van der Waals surface area (Å²) in [6.45, 7) is 1.99. The summed E-state index contributed by atoms with van der Waals surface area (Å²) in [5.41, 5.74) is 4.25. The number of carbonyl (C=O) groups is 1. The standard InChI is InChI=1S/C20H17BrN2O2/c1-13-15(14-7-4-3-5-8-14)9-6-10-17(13)23-20(24)18-11-19(25-2)16(21)12-22-18/h3-12H,1-2H3,(H,23,24). The van der Waals surface area contributed by atoms with E-state index in [9.17, 15) is 4.79 Å². The van der Waals surface area contributed by atoms with Gasteiger partial charge in [-0.25, -0.2) is 4.98 Å². The second-order valence-corrected chi connectivity index (χ2v) is 6.36. The molecule has 0 fully saturated rings. The van der Waals surface area contributed by atoms with Crippen molar-refractivity contribution in [1.82, 2.24) is 4.98 Å². The lowest BCUT2D eigenvalue weighted by molar-refractivity contribution is 0.102. The van der Waals surface area contributed by atoms with Gasteiger partial charge in [0, 0.05) is 18.0 Å². The third-order valence-corrected chi connectivity index (χ3v) is 4.54. The summed E-state index contributed by atoms with van der Waals surface area (Å²) in [6.07, 6.45) is 1.56. The van der Waals surface area contributed by atoms with Gasteiger partial charge in [-0.05, 0) is 45.6 Å². The van der Waals surface area contributed by atoms with Gasteiger partial charge >= 0.3 is 0 Å². The van der Waals surface area contributed by atoms with Crippen LogP contribution < -0.4 is 10.1 Å². The Hall–Kier alpha value is -2.66. The number of halogens is 1. The number of aromatic nitrogens is 1. The summed E-state index contributed by atoms with van der Waals surface area (Å²) in [5, 5.41) is 2.94. The largest absolute Gasteiger partial charge is 0.495 e. The molecule has 0 saturated carbocycles. The van der Waals surface area contributed by atoms with Gasteiger partial charge in [-0.2, -0.15) is 0 Å². The number of methoxy groups -OCH3 is 1. The summed E-state index contributed by atoms with van der Waals surface area (Å²) < 4.78 is 5.92. The van der Waals surface area contributed by atoms with E-state index in [0.717, 1.165) is 22.4 Å². The molecule has 0 radical (unpaired) electrons. The van der Waals surface area contributed by atoms with Gasteiger partial charge < -0.3 is 10.1 Å². The molecule has 1 heterocycles. The van der Waals surface area contributed by atoms with E-state index < -0.39 is 0 Å². The van der Waals surface area contributed by atoms with Crippen LogP contribution in [0, 0.1) is 6.92 Å². The predicted molar refractivity (Wildman–Crippen MR) is 103 cm³/mol. The normalized spacial score (nSPS) is 10.4. The second-order valence-electron chi connectivity index (χ2n) is 5.50. The number of hydrogen-bond acceptors (Lipinski definition) is 3. The lowest BCUT2D eigenvalue weighted by atomic mass is 9.99. The average Bonchev–Trinajstić information content (AvgIpc) is 2.64. The molecule has 2 aromatic carbocycles. The topological polar surface area (TPSA) is 51.2 Å². The minimum Gasteiger partial charge on any atom is -0.495 e. The minimum atomic E-state index is -0.279. The van der Waals surface area contributed by atoms with E-state index in [1.807, 2.05) is 43.3 Å². The fourth-order valence-electron chi connectivity index (χ4n) is 2.59. The van der Waals surface area contributed by atoms with Crippen molar-refractivity contribution in [2.75, 3.05) is 12.4 Å². The Labute approximate surface area is 155 Å². The van der Waals surface area contributed by atoms with Crippen LogP contribution in [0.1, 0.15) is 16.1 Å². The number of rotatable bonds is 4. The van der Waals surface area contributed by atoms with Crippen LogP contribution in [-0.2, 0) is 0 Å². The minimum absolute atomic E-state index is 0.279. The van der Waals surface area contributed by atoms with Crippen LogP contribution in [0.4, 0.5) is 5.69 Å². The van der Waals surface area contributed by atoms with Gasteiger partial charge in [0.05, 0.1) is 11.6 Å². The van der Waals surface area contributed by atoms with Gasteiger partial charge in [0.25, 0.3) is 5.91 Å². The highest BCUT2D eigenvalue weighted by Gasteiger charge is 2.13. The molecule has 1 N–H and O–H groups in total. The van der Waals surface area contributed by atoms with Gasteiger partial charge in [0.15, 0.2) is 0 Å². The summed E-state index contributed by atoms with van der Waals surface area (Å²) in [6, 6.07) is 17.5. The number of nitrogens with one attached hydrogen (secondary N) is 1. The van der Waals surface area contributed by atoms with Crippen molar-refractivity contribution in [2.24, 2.45) is 0 Å². The van der Waals surface area contributed by atoms with Crippen LogP contribution in [-0.4, -0.2) is 18.0 Å². The van der Waals surface area contributed by atoms with Crippen LogP contribution in [0.5, 0.6) is 5.75 Å². The quantitative estimate of drug-likeness (QED) is 0.668. The first-order valence-corrected chi connectivity index (χ1v) is 8.55. The Bertz CT molecular complexity index is 911. The van der Waals surface area contributed by atoms with Gasteiger partial charge in [-0.1, -0.05) is 42.5 Å². The smallest absolute Gasteiger partial charge is 0.274 e. The fraction of sp³-hybridized carbons (Fsp3) is 0.100. The van der Waals surface area contributed by atoms with Gasteiger partial charge in [-0.3, -0.25) is 4.79 Å². The van der Waals surface area contributed by atoms with E-state index >= 15 is 0 Å². The van der Waals surface area contributed by atoms with Crippen molar-refractivity contribution in [3.05, 3.63) is 76.5 Å². The maximum Gasteiger partial charge on any atom is 0.274 e. The molecule has 0 unspecified atom stereocenters. The molecule has 126 valence electrons. The van der Waals surface area contributed by atoms with Crippen molar-refractivity contribution in [2.45, 2.75) is 6.92 Å². The van der Waals surface area contributed by atoms with E-state index in [-0.39, 0.29) is 5.91 Å². The van der Waals surface area contributed by atoms with Gasteiger partial charge in [-0.15, -0.1) is 0 Å². The van der Waals surface area contributed by atoms with E-state index in [1.54, 1.807) is 19.4 Å². The van der Waals surface area contributed by atoms with Crippen molar-refractivity contribution >= 4 is 27.5 Å². The van der Waals surface area contributed by atoms with Gasteiger partial charge in [0.2, 0.25) is 0 Å². The molecular formula is C20H17BrN2O2. The number of pyridine rings is 1. The Morgan fingerprint density at radius 2 is 1.88 bits per heavy atom. The molecule has 0 aliphatic carbocycles. The molecule has 0 saturated heterocycles. The van der Waals surface area contributed by atoms with Crippen LogP contribution in [0.15, 0.2) is 65.3 Å². The zero-order valence-corrected chi connectivity index (χ0v) is 15.5. The maximum absolute atomic E-state index is 12.5. The van der Waals surface area contributed by atoms with Crippen molar-refractivity contribution in [3.63, 3.8) is 0 Å². The van der Waals surface area contributed by atoms with Crippen molar-refractivity contribution < 1.29 is 9.53 Å². The monoisotopic (exact) mass is 396 g/mol. The highest BCUT2D eigenvalue weighted by molar-refractivity contribution is 9.10. The Morgan fingerprint density at radius 3 is 2.60 bits per heavy atom. The highest BCUT2D eigenvalue weighted by atomic mass is 79.9. The molecule has 1 aromatic heterocycles. The third-order valence-electron chi connectivity index (χ3n) is 3.94. The van der Waals surface area contributed by atoms with Crippen LogP contribution in [0.3, 0.4) is 0 Å². The molecular weight excluding hydrogens is 380 g/mol. The van der Waals surface area contributed by atoms with E-state index in [1.165, 1.54) is 0 Å². The fourth-order valence-corrected chi connectivity index (χ4v) is 2.97. The molecule has 0 bridgehead atoms. The predicted octanol–water partition coefficient (Wildman–Crippen LogP) is 5.08. The molecule has 0 spiro atoms. The van der Waals surface area contributed by atoms with E-state index in [2.05, 4.69) is 38.4 Å². The van der Waals surface area contributed by atoms with Crippen LogP contribution >= 0.6 is 15.9 Å². The number of carbonyl (C=O) groups excluding carboxylic acids is 1. The molecule has 0 aliphatic heterocycles. The number of amides is 1. The van der Waals surface area contributed by atoms with Crippen LogP contribution in [0.25, 0.3) is 11.1 Å². The number of ether oxygens (including phenoxy) is 1. The molecule has 4 nitrogen and oxygen atoms in total. The lowest BCUT2D eigenvalue weighted by Crippen LogP contribution is -2.14.